The van der Waals surface area contributed by atoms with Gasteiger partial charge in [0.1, 0.15) is 0 Å². The number of carbonyl (C=O) groups is 2. The molecule has 92 valence electrons. The van der Waals surface area contributed by atoms with E-state index in [-0.39, 0.29) is 17.0 Å². The Labute approximate surface area is 101 Å². The second-order valence-corrected chi connectivity index (χ2v) is 4.74. The maximum absolute atomic E-state index is 12.0. The Hall–Kier alpha value is -1.84. The van der Waals surface area contributed by atoms with E-state index < -0.39 is 5.97 Å². The molecule has 1 amide bonds. The van der Waals surface area contributed by atoms with Crippen LogP contribution >= 0.6 is 0 Å². The second-order valence-electron chi connectivity index (χ2n) is 4.74. The van der Waals surface area contributed by atoms with E-state index in [1.165, 1.54) is 7.11 Å². The number of hydrogen-bond acceptors (Lipinski definition) is 3. The van der Waals surface area contributed by atoms with Gasteiger partial charge in [-0.3, -0.25) is 4.79 Å². The number of rotatable bonds is 2. The topological polar surface area (TPSA) is 55.4 Å². The Balaban J connectivity index is 3.05. The van der Waals surface area contributed by atoms with E-state index in [1.54, 1.807) is 24.3 Å². The lowest BCUT2D eigenvalue weighted by Gasteiger charge is -2.21. The van der Waals surface area contributed by atoms with E-state index in [2.05, 4.69) is 10.1 Å². The van der Waals surface area contributed by atoms with Gasteiger partial charge in [-0.15, -0.1) is 0 Å². The highest BCUT2D eigenvalue weighted by Gasteiger charge is 2.20. The van der Waals surface area contributed by atoms with Crippen LogP contribution < -0.4 is 5.32 Å². The molecule has 1 N–H and O–H groups in total. The van der Waals surface area contributed by atoms with Crippen LogP contribution in [-0.2, 0) is 4.74 Å². The second kappa shape index (κ2) is 4.99. The molecule has 0 aliphatic carbocycles. The lowest BCUT2D eigenvalue weighted by molar-refractivity contribution is 0.0595. The Kier molecular flexibility index (Phi) is 3.89. The van der Waals surface area contributed by atoms with Gasteiger partial charge in [0, 0.05) is 5.54 Å². The van der Waals surface area contributed by atoms with Crippen molar-refractivity contribution in [1.82, 2.24) is 5.32 Å². The minimum atomic E-state index is -0.510. The summed E-state index contributed by atoms with van der Waals surface area (Å²) in [6.07, 6.45) is 0. The van der Waals surface area contributed by atoms with Crippen molar-refractivity contribution in [3.05, 3.63) is 35.4 Å². The molecule has 4 nitrogen and oxygen atoms in total. The SMILES string of the molecule is COC(=O)c1ccccc1C(=O)NC(C)(C)C. The van der Waals surface area contributed by atoms with Gasteiger partial charge in [0.05, 0.1) is 18.2 Å². The fourth-order valence-electron chi connectivity index (χ4n) is 1.38. The van der Waals surface area contributed by atoms with Crippen molar-refractivity contribution in [2.75, 3.05) is 7.11 Å². The van der Waals surface area contributed by atoms with Gasteiger partial charge in [0.2, 0.25) is 0 Å². The fraction of sp³-hybridized carbons (Fsp3) is 0.385. The van der Waals surface area contributed by atoms with Crippen LogP contribution in [0.1, 0.15) is 41.5 Å². The number of esters is 1. The fourth-order valence-corrected chi connectivity index (χ4v) is 1.38. The van der Waals surface area contributed by atoms with Crippen molar-refractivity contribution in [2.24, 2.45) is 0 Å². The lowest BCUT2D eigenvalue weighted by Crippen LogP contribution is -2.41. The molecule has 0 saturated heterocycles. The highest BCUT2D eigenvalue weighted by Crippen LogP contribution is 2.11. The van der Waals surface area contributed by atoms with Gasteiger partial charge in [0.25, 0.3) is 5.91 Å². The highest BCUT2D eigenvalue weighted by atomic mass is 16.5. The summed E-state index contributed by atoms with van der Waals surface area (Å²) in [5.41, 5.74) is 0.256. The van der Waals surface area contributed by atoms with Gasteiger partial charge in [0.15, 0.2) is 0 Å². The molecule has 17 heavy (non-hydrogen) atoms. The molecule has 0 aliphatic heterocycles. The quantitative estimate of drug-likeness (QED) is 0.798. The Morgan fingerprint density at radius 1 is 1.12 bits per heavy atom. The largest absolute Gasteiger partial charge is 0.465 e. The predicted octanol–water partition coefficient (Wildman–Crippen LogP) is 2.00. The number of hydrogen-bond donors (Lipinski definition) is 1. The third-order valence-corrected chi connectivity index (χ3v) is 2.07. The van der Waals surface area contributed by atoms with Crippen LogP contribution in [0.5, 0.6) is 0 Å². The maximum atomic E-state index is 12.0. The van der Waals surface area contributed by atoms with Gasteiger partial charge >= 0.3 is 5.97 Å². The summed E-state index contributed by atoms with van der Waals surface area (Å²) in [5, 5.41) is 2.81. The third-order valence-electron chi connectivity index (χ3n) is 2.07. The van der Waals surface area contributed by atoms with Gasteiger partial charge < -0.3 is 10.1 Å². The normalized spacial score (nSPS) is 10.8. The third kappa shape index (κ3) is 3.59. The molecule has 0 spiro atoms. The molecule has 0 bridgehead atoms. The molecule has 0 atom stereocenters. The van der Waals surface area contributed by atoms with Crippen molar-refractivity contribution in [1.29, 1.82) is 0 Å². The summed E-state index contributed by atoms with van der Waals surface area (Å²) in [6.45, 7) is 5.64. The Morgan fingerprint density at radius 3 is 2.12 bits per heavy atom. The Bertz CT molecular complexity index is 433. The molecule has 1 aromatic carbocycles. The summed E-state index contributed by atoms with van der Waals surface area (Å²) < 4.78 is 4.64. The van der Waals surface area contributed by atoms with E-state index in [4.69, 9.17) is 0 Å². The number of amides is 1. The summed E-state index contributed by atoms with van der Waals surface area (Å²) >= 11 is 0. The van der Waals surface area contributed by atoms with Gasteiger partial charge in [-0.1, -0.05) is 12.1 Å². The molecule has 0 radical (unpaired) electrons. The number of methoxy groups -OCH3 is 1. The molecule has 1 rings (SSSR count). The van der Waals surface area contributed by atoms with Crippen LogP contribution in [0, 0.1) is 0 Å². The van der Waals surface area contributed by atoms with Gasteiger partial charge in [-0.25, -0.2) is 4.79 Å². The average Bonchev–Trinajstić information content (AvgIpc) is 2.25. The predicted molar refractivity (Wildman–Crippen MR) is 65.0 cm³/mol. The lowest BCUT2D eigenvalue weighted by atomic mass is 10.0. The van der Waals surface area contributed by atoms with E-state index in [1.807, 2.05) is 20.8 Å². The smallest absolute Gasteiger partial charge is 0.338 e. The first-order valence-electron chi connectivity index (χ1n) is 5.35. The molecule has 0 unspecified atom stereocenters. The molecule has 1 aromatic rings. The summed E-state index contributed by atoms with van der Waals surface area (Å²) in [7, 11) is 1.29. The van der Waals surface area contributed by atoms with Crippen LogP contribution in [0.3, 0.4) is 0 Å². The zero-order valence-electron chi connectivity index (χ0n) is 10.5. The molecular formula is C13H17NO3. The van der Waals surface area contributed by atoms with Crippen molar-refractivity contribution < 1.29 is 14.3 Å². The molecule has 0 saturated carbocycles. The van der Waals surface area contributed by atoms with Crippen molar-refractivity contribution in [2.45, 2.75) is 26.3 Å². The van der Waals surface area contributed by atoms with Crippen LogP contribution in [0.2, 0.25) is 0 Å². The molecule has 4 heteroatoms. The highest BCUT2D eigenvalue weighted by molar-refractivity contribution is 6.05. The number of carbonyl (C=O) groups excluding carboxylic acids is 2. The standard InChI is InChI=1S/C13H17NO3/c1-13(2,3)14-11(15)9-7-5-6-8-10(9)12(16)17-4/h5-8H,1-4H3,(H,14,15). The summed E-state index contributed by atoms with van der Waals surface area (Å²) in [4.78, 5) is 23.5. The monoisotopic (exact) mass is 235 g/mol. The van der Waals surface area contributed by atoms with Gasteiger partial charge in [-0.05, 0) is 32.9 Å². The first kappa shape index (κ1) is 13.2. The molecule has 0 fully saturated rings. The minimum absolute atomic E-state index is 0.275. The van der Waals surface area contributed by atoms with Crippen molar-refractivity contribution in [3.63, 3.8) is 0 Å². The molecular weight excluding hydrogens is 218 g/mol. The molecule has 0 aliphatic rings. The number of benzene rings is 1. The van der Waals surface area contributed by atoms with Crippen molar-refractivity contribution in [3.8, 4) is 0 Å². The van der Waals surface area contributed by atoms with Crippen LogP contribution in [-0.4, -0.2) is 24.5 Å². The average molecular weight is 235 g/mol. The first-order valence-corrected chi connectivity index (χ1v) is 5.35. The van der Waals surface area contributed by atoms with E-state index >= 15 is 0 Å². The van der Waals surface area contributed by atoms with E-state index in [0.717, 1.165) is 0 Å². The van der Waals surface area contributed by atoms with Gasteiger partial charge in [-0.2, -0.15) is 0 Å². The Morgan fingerprint density at radius 2 is 1.65 bits per heavy atom. The summed E-state index contributed by atoms with van der Waals surface area (Å²) in [6, 6.07) is 6.58. The molecule has 0 heterocycles. The zero-order chi connectivity index (χ0) is 13.1. The number of nitrogens with one attached hydrogen (secondary N) is 1. The maximum Gasteiger partial charge on any atom is 0.338 e. The van der Waals surface area contributed by atoms with E-state index in [9.17, 15) is 9.59 Å². The first-order chi connectivity index (χ1) is 7.85. The minimum Gasteiger partial charge on any atom is -0.465 e. The van der Waals surface area contributed by atoms with Crippen LogP contribution in [0.25, 0.3) is 0 Å². The number of ether oxygens (including phenoxy) is 1. The van der Waals surface area contributed by atoms with Crippen molar-refractivity contribution >= 4 is 11.9 Å². The molecule has 0 aromatic heterocycles. The van der Waals surface area contributed by atoms with Crippen LogP contribution in [0.4, 0.5) is 0 Å². The van der Waals surface area contributed by atoms with Crippen LogP contribution in [0.15, 0.2) is 24.3 Å². The van der Waals surface area contributed by atoms with E-state index in [0.29, 0.717) is 5.56 Å². The zero-order valence-corrected chi connectivity index (χ0v) is 10.5. The summed E-state index contributed by atoms with van der Waals surface area (Å²) in [5.74, 6) is -0.789.